The van der Waals surface area contributed by atoms with Crippen molar-refractivity contribution in [3.05, 3.63) is 0 Å². The van der Waals surface area contributed by atoms with Gasteiger partial charge < -0.3 is 5.11 Å². The van der Waals surface area contributed by atoms with Gasteiger partial charge in [0, 0.05) is 6.04 Å². The quantitative estimate of drug-likeness (QED) is 0.740. The molecule has 2 unspecified atom stereocenters. The van der Waals surface area contributed by atoms with Crippen LogP contribution in [0.5, 0.6) is 0 Å². The number of likely N-dealkylation sites (N-methyl/N-ethyl adjacent to an activating group) is 1. The van der Waals surface area contributed by atoms with E-state index in [0.29, 0.717) is 13.0 Å². The van der Waals surface area contributed by atoms with E-state index in [4.69, 9.17) is 5.11 Å². The van der Waals surface area contributed by atoms with E-state index in [-0.39, 0.29) is 17.5 Å². The fourth-order valence-corrected chi connectivity index (χ4v) is 3.77. The normalized spacial score (nSPS) is 26.7. The molecule has 1 aliphatic heterocycles. The van der Waals surface area contributed by atoms with E-state index in [9.17, 15) is 13.2 Å². The Morgan fingerprint density at radius 2 is 2.20 bits per heavy atom. The van der Waals surface area contributed by atoms with Crippen molar-refractivity contribution in [3.8, 4) is 0 Å². The van der Waals surface area contributed by atoms with E-state index in [0.717, 1.165) is 0 Å². The summed E-state index contributed by atoms with van der Waals surface area (Å²) in [7, 11) is -2.94. The second kappa shape index (κ2) is 4.49. The zero-order valence-corrected chi connectivity index (χ0v) is 9.83. The van der Waals surface area contributed by atoms with Crippen molar-refractivity contribution in [1.29, 1.82) is 0 Å². The largest absolute Gasteiger partial charge is 0.480 e. The lowest BCUT2D eigenvalue weighted by atomic mass is 10.1. The highest BCUT2D eigenvalue weighted by Crippen LogP contribution is 2.19. The molecule has 0 radical (unpaired) electrons. The summed E-state index contributed by atoms with van der Waals surface area (Å²) in [6.07, 6.45) is 0.549. The van der Waals surface area contributed by atoms with Crippen LogP contribution < -0.4 is 0 Å². The monoisotopic (exact) mass is 235 g/mol. The van der Waals surface area contributed by atoms with Gasteiger partial charge in [0.1, 0.15) is 6.04 Å². The molecule has 0 bridgehead atoms. The average Bonchev–Trinajstić information content (AvgIpc) is 2.47. The molecular formula is C9H17NO4S. The molecule has 1 aliphatic rings. The lowest BCUT2D eigenvalue weighted by molar-refractivity contribution is -0.143. The summed E-state index contributed by atoms with van der Waals surface area (Å²) in [6, 6.07) is -0.751. The fraction of sp³-hybridized carbons (Fsp3) is 0.889. The van der Waals surface area contributed by atoms with E-state index >= 15 is 0 Å². The van der Waals surface area contributed by atoms with Crippen molar-refractivity contribution in [1.82, 2.24) is 4.90 Å². The third-order valence-corrected chi connectivity index (χ3v) is 4.65. The SMILES string of the molecule is CCN(C1CCS(=O)(=O)C1)C(C)C(=O)O. The van der Waals surface area contributed by atoms with Crippen LogP contribution in [-0.4, -0.2) is 54.5 Å². The molecule has 88 valence electrons. The number of hydrogen-bond acceptors (Lipinski definition) is 4. The zero-order valence-electron chi connectivity index (χ0n) is 9.01. The third kappa shape index (κ3) is 2.92. The van der Waals surface area contributed by atoms with Crippen LogP contribution in [-0.2, 0) is 14.6 Å². The molecule has 1 saturated heterocycles. The van der Waals surface area contributed by atoms with Crippen LogP contribution in [0.3, 0.4) is 0 Å². The maximum atomic E-state index is 11.3. The van der Waals surface area contributed by atoms with Gasteiger partial charge in [-0.1, -0.05) is 6.92 Å². The highest BCUT2D eigenvalue weighted by Gasteiger charge is 2.35. The summed E-state index contributed by atoms with van der Waals surface area (Å²) in [5, 5.41) is 8.88. The maximum Gasteiger partial charge on any atom is 0.320 e. The van der Waals surface area contributed by atoms with Gasteiger partial charge in [-0.2, -0.15) is 0 Å². The number of carbonyl (C=O) groups is 1. The van der Waals surface area contributed by atoms with Gasteiger partial charge in [-0.25, -0.2) is 8.42 Å². The second-order valence-corrected chi connectivity index (χ2v) is 6.13. The van der Waals surface area contributed by atoms with Gasteiger partial charge in [0.2, 0.25) is 0 Å². The summed E-state index contributed by atoms with van der Waals surface area (Å²) in [6.45, 7) is 4.01. The standard InChI is InChI=1S/C9H17NO4S/c1-3-10(7(2)9(11)12)8-4-5-15(13,14)6-8/h7-8H,3-6H2,1-2H3,(H,11,12). The first kappa shape index (κ1) is 12.4. The number of nitrogens with zero attached hydrogens (tertiary/aromatic N) is 1. The molecule has 0 spiro atoms. The molecule has 0 aliphatic carbocycles. The van der Waals surface area contributed by atoms with Gasteiger partial charge in [-0.05, 0) is 19.9 Å². The predicted molar refractivity (Wildman–Crippen MR) is 56.5 cm³/mol. The van der Waals surface area contributed by atoms with E-state index in [1.54, 1.807) is 11.8 Å². The first-order chi connectivity index (χ1) is 6.87. The molecule has 0 aromatic carbocycles. The fourth-order valence-electron chi connectivity index (χ4n) is 2.03. The van der Waals surface area contributed by atoms with E-state index < -0.39 is 21.8 Å². The Hall–Kier alpha value is -0.620. The Kier molecular flexibility index (Phi) is 3.72. The molecule has 0 aromatic heterocycles. The smallest absolute Gasteiger partial charge is 0.320 e. The topological polar surface area (TPSA) is 74.7 Å². The lowest BCUT2D eigenvalue weighted by Gasteiger charge is -2.29. The average molecular weight is 235 g/mol. The second-order valence-electron chi connectivity index (χ2n) is 3.90. The Morgan fingerprint density at radius 1 is 1.60 bits per heavy atom. The summed E-state index contributed by atoms with van der Waals surface area (Å²) in [4.78, 5) is 12.6. The maximum absolute atomic E-state index is 11.3. The van der Waals surface area contributed by atoms with Gasteiger partial charge in [0.05, 0.1) is 11.5 Å². The number of sulfone groups is 1. The summed E-state index contributed by atoms with van der Waals surface area (Å²) in [5.74, 6) is -0.625. The van der Waals surface area contributed by atoms with Crippen molar-refractivity contribution in [2.75, 3.05) is 18.1 Å². The molecule has 2 atom stereocenters. The van der Waals surface area contributed by atoms with Crippen molar-refractivity contribution >= 4 is 15.8 Å². The molecule has 1 N–H and O–H groups in total. The summed E-state index contributed by atoms with van der Waals surface area (Å²) in [5.41, 5.74) is 0. The van der Waals surface area contributed by atoms with Crippen LogP contribution in [0.1, 0.15) is 20.3 Å². The number of aliphatic carboxylic acids is 1. The zero-order chi connectivity index (χ0) is 11.6. The molecule has 5 nitrogen and oxygen atoms in total. The lowest BCUT2D eigenvalue weighted by Crippen LogP contribution is -2.46. The van der Waals surface area contributed by atoms with E-state index in [2.05, 4.69) is 0 Å². The Balaban J connectivity index is 2.73. The summed E-state index contributed by atoms with van der Waals surface area (Å²) >= 11 is 0. The highest BCUT2D eigenvalue weighted by molar-refractivity contribution is 7.91. The molecule has 1 rings (SSSR count). The van der Waals surface area contributed by atoms with Crippen molar-refractivity contribution < 1.29 is 18.3 Å². The van der Waals surface area contributed by atoms with Gasteiger partial charge in [0.15, 0.2) is 9.84 Å². The number of rotatable bonds is 4. The highest BCUT2D eigenvalue weighted by atomic mass is 32.2. The Morgan fingerprint density at radius 3 is 2.53 bits per heavy atom. The van der Waals surface area contributed by atoms with Gasteiger partial charge in [0.25, 0.3) is 0 Å². The summed E-state index contributed by atoms with van der Waals surface area (Å²) < 4.78 is 22.6. The molecule has 1 fully saturated rings. The van der Waals surface area contributed by atoms with Crippen LogP contribution in [0.15, 0.2) is 0 Å². The first-order valence-electron chi connectivity index (χ1n) is 5.06. The molecular weight excluding hydrogens is 218 g/mol. The van der Waals surface area contributed by atoms with Crippen molar-refractivity contribution in [3.63, 3.8) is 0 Å². The van der Waals surface area contributed by atoms with Crippen LogP contribution in [0, 0.1) is 0 Å². The van der Waals surface area contributed by atoms with Crippen molar-refractivity contribution in [2.45, 2.75) is 32.4 Å². The number of hydrogen-bond donors (Lipinski definition) is 1. The third-order valence-electron chi connectivity index (χ3n) is 2.90. The first-order valence-corrected chi connectivity index (χ1v) is 6.88. The van der Waals surface area contributed by atoms with E-state index in [1.165, 1.54) is 0 Å². The number of carboxylic acids is 1. The molecule has 15 heavy (non-hydrogen) atoms. The van der Waals surface area contributed by atoms with Crippen LogP contribution >= 0.6 is 0 Å². The molecule has 6 heteroatoms. The van der Waals surface area contributed by atoms with Gasteiger partial charge in [-0.15, -0.1) is 0 Å². The molecule has 0 amide bonds. The van der Waals surface area contributed by atoms with E-state index in [1.807, 2.05) is 6.92 Å². The Labute approximate surface area is 90.0 Å². The molecule has 1 heterocycles. The Bertz CT molecular complexity index is 338. The van der Waals surface area contributed by atoms with Crippen LogP contribution in [0.25, 0.3) is 0 Å². The van der Waals surface area contributed by atoms with Crippen LogP contribution in [0.4, 0.5) is 0 Å². The molecule has 0 saturated carbocycles. The van der Waals surface area contributed by atoms with Crippen molar-refractivity contribution in [2.24, 2.45) is 0 Å². The minimum absolute atomic E-state index is 0.0957. The predicted octanol–water partition coefficient (Wildman–Crippen LogP) is -0.0315. The minimum Gasteiger partial charge on any atom is -0.480 e. The molecule has 0 aromatic rings. The minimum atomic E-state index is -2.94. The van der Waals surface area contributed by atoms with Gasteiger partial charge >= 0.3 is 5.97 Å². The van der Waals surface area contributed by atoms with Gasteiger partial charge in [-0.3, -0.25) is 9.69 Å². The number of carboxylic acid groups (broad SMARTS) is 1. The van der Waals surface area contributed by atoms with Crippen LogP contribution in [0.2, 0.25) is 0 Å².